The van der Waals surface area contributed by atoms with E-state index in [1.165, 1.54) is 7.11 Å². The maximum atomic E-state index is 11.5. The zero-order valence-corrected chi connectivity index (χ0v) is 11.4. The van der Waals surface area contributed by atoms with E-state index in [4.69, 9.17) is 4.74 Å². The third-order valence-electron chi connectivity index (χ3n) is 2.64. The van der Waals surface area contributed by atoms with E-state index >= 15 is 0 Å². The number of methoxy groups -OCH3 is 1. The van der Waals surface area contributed by atoms with Crippen LogP contribution in [0.15, 0.2) is 24.3 Å². The number of rotatable bonds is 6. The number of benzene rings is 1. The molecule has 1 unspecified atom stereocenters. The minimum absolute atomic E-state index is 0.0744. The molecular formula is C14H19NO4. The van der Waals surface area contributed by atoms with Crippen LogP contribution in [0.25, 0.3) is 0 Å². The van der Waals surface area contributed by atoms with Gasteiger partial charge in [-0.3, -0.25) is 4.79 Å². The lowest BCUT2D eigenvalue weighted by Gasteiger charge is -2.12. The van der Waals surface area contributed by atoms with Crippen molar-refractivity contribution in [3.8, 4) is 5.75 Å². The van der Waals surface area contributed by atoms with Gasteiger partial charge in [0.2, 0.25) is 0 Å². The molecular weight excluding hydrogens is 246 g/mol. The topological polar surface area (TPSA) is 64.6 Å². The fourth-order valence-electron chi connectivity index (χ4n) is 1.40. The molecule has 1 rings (SSSR count). The smallest absolute Gasteiger partial charge is 0.337 e. The Morgan fingerprint density at radius 3 is 2.74 bits per heavy atom. The molecule has 1 aromatic rings. The molecule has 0 bridgehead atoms. The van der Waals surface area contributed by atoms with Crippen molar-refractivity contribution in [1.82, 2.24) is 5.32 Å². The van der Waals surface area contributed by atoms with E-state index < -0.39 is 5.97 Å². The molecule has 0 aliphatic carbocycles. The molecule has 1 N–H and O–H groups in total. The Morgan fingerprint density at radius 1 is 1.37 bits per heavy atom. The first kappa shape index (κ1) is 15.0. The Morgan fingerprint density at radius 2 is 2.11 bits per heavy atom. The number of hydrogen-bond donors (Lipinski definition) is 1. The Kier molecular flexibility index (Phi) is 5.85. The van der Waals surface area contributed by atoms with Gasteiger partial charge in [-0.1, -0.05) is 13.0 Å². The lowest BCUT2D eigenvalue weighted by atomic mass is 10.2. The van der Waals surface area contributed by atoms with Crippen LogP contribution in [-0.2, 0) is 9.53 Å². The summed E-state index contributed by atoms with van der Waals surface area (Å²) in [5, 5.41) is 2.79. The van der Waals surface area contributed by atoms with Crippen LogP contribution in [0.3, 0.4) is 0 Å². The molecule has 0 aliphatic heterocycles. The second kappa shape index (κ2) is 7.41. The van der Waals surface area contributed by atoms with Crippen molar-refractivity contribution >= 4 is 11.9 Å². The quantitative estimate of drug-likeness (QED) is 0.796. The summed E-state index contributed by atoms with van der Waals surface area (Å²) in [7, 11) is 1.31. The highest BCUT2D eigenvalue weighted by molar-refractivity contribution is 5.89. The summed E-state index contributed by atoms with van der Waals surface area (Å²) < 4.78 is 9.94. The van der Waals surface area contributed by atoms with Crippen LogP contribution in [0.5, 0.6) is 5.75 Å². The van der Waals surface area contributed by atoms with Gasteiger partial charge in [0, 0.05) is 6.04 Å². The number of carbonyl (C=O) groups is 2. The van der Waals surface area contributed by atoms with Crippen molar-refractivity contribution in [3.63, 3.8) is 0 Å². The summed E-state index contributed by atoms with van der Waals surface area (Å²) in [5.74, 6) is -0.158. The van der Waals surface area contributed by atoms with Gasteiger partial charge in [-0.2, -0.15) is 0 Å². The fourth-order valence-corrected chi connectivity index (χ4v) is 1.40. The number of nitrogens with one attached hydrogen (secondary N) is 1. The second-order valence-electron chi connectivity index (χ2n) is 4.18. The van der Waals surface area contributed by atoms with Crippen molar-refractivity contribution in [2.24, 2.45) is 0 Å². The van der Waals surface area contributed by atoms with Crippen LogP contribution in [0, 0.1) is 0 Å². The highest BCUT2D eigenvalue weighted by atomic mass is 16.5. The minimum atomic E-state index is -0.436. The van der Waals surface area contributed by atoms with Crippen LogP contribution >= 0.6 is 0 Å². The molecule has 5 heteroatoms. The Labute approximate surface area is 112 Å². The Hall–Kier alpha value is -2.04. The average molecular weight is 265 g/mol. The highest BCUT2D eigenvalue weighted by Crippen LogP contribution is 2.13. The zero-order valence-electron chi connectivity index (χ0n) is 11.4. The van der Waals surface area contributed by atoms with Gasteiger partial charge in [-0.25, -0.2) is 4.79 Å². The number of esters is 1. The second-order valence-corrected chi connectivity index (χ2v) is 4.18. The number of amides is 1. The van der Waals surface area contributed by atoms with Gasteiger partial charge >= 0.3 is 5.97 Å². The third-order valence-corrected chi connectivity index (χ3v) is 2.64. The molecule has 1 atom stereocenters. The van der Waals surface area contributed by atoms with Gasteiger partial charge in [0.05, 0.1) is 12.7 Å². The normalized spacial score (nSPS) is 11.5. The molecule has 0 heterocycles. The van der Waals surface area contributed by atoms with E-state index in [1.54, 1.807) is 24.3 Å². The van der Waals surface area contributed by atoms with Crippen molar-refractivity contribution in [3.05, 3.63) is 29.8 Å². The van der Waals surface area contributed by atoms with Crippen LogP contribution in [-0.4, -0.2) is 31.6 Å². The van der Waals surface area contributed by atoms with E-state index in [0.29, 0.717) is 11.3 Å². The SMILES string of the molecule is CCC(C)NC(=O)COc1cccc(C(=O)OC)c1. The van der Waals surface area contributed by atoms with E-state index in [2.05, 4.69) is 10.1 Å². The third kappa shape index (κ3) is 4.99. The fraction of sp³-hybridized carbons (Fsp3) is 0.429. The molecule has 0 spiro atoms. The summed E-state index contributed by atoms with van der Waals surface area (Å²) in [4.78, 5) is 22.9. The summed E-state index contributed by atoms with van der Waals surface area (Å²) >= 11 is 0. The number of carbonyl (C=O) groups excluding carboxylic acids is 2. The van der Waals surface area contributed by atoms with Gasteiger partial charge in [0.25, 0.3) is 5.91 Å². The largest absolute Gasteiger partial charge is 0.484 e. The molecule has 19 heavy (non-hydrogen) atoms. The van der Waals surface area contributed by atoms with Crippen molar-refractivity contribution in [1.29, 1.82) is 0 Å². The monoisotopic (exact) mass is 265 g/mol. The lowest BCUT2D eigenvalue weighted by Crippen LogP contribution is -2.35. The van der Waals surface area contributed by atoms with Gasteiger partial charge in [-0.05, 0) is 31.5 Å². The first-order valence-corrected chi connectivity index (χ1v) is 6.17. The molecule has 1 aromatic carbocycles. The van der Waals surface area contributed by atoms with Gasteiger partial charge in [0.15, 0.2) is 6.61 Å². The van der Waals surface area contributed by atoms with E-state index in [9.17, 15) is 9.59 Å². The van der Waals surface area contributed by atoms with Crippen LogP contribution < -0.4 is 10.1 Å². The Bertz CT molecular complexity index is 445. The highest BCUT2D eigenvalue weighted by Gasteiger charge is 2.09. The Balaban J connectivity index is 2.54. The van der Waals surface area contributed by atoms with E-state index in [-0.39, 0.29) is 18.6 Å². The number of ether oxygens (including phenoxy) is 2. The molecule has 0 aliphatic rings. The van der Waals surface area contributed by atoms with Crippen molar-refractivity contribution in [2.45, 2.75) is 26.3 Å². The summed E-state index contributed by atoms with van der Waals surface area (Å²) in [6.45, 7) is 3.84. The maximum absolute atomic E-state index is 11.5. The number of hydrogen-bond acceptors (Lipinski definition) is 4. The van der Waals surface area contributed by atoms with Gasteiger partial charge in [0.1, 0.15) is 5.75 Å². The zero-order chi connectivity index (χ0) is 14.3. The predicted molar refractivity (Wildman–Crippen MR) is 71.2 cm³/mol. The first-order valence-electron chi connectivity index (χ1n) is 6.17. The molecule has 0 aromatic heterocycles. The first-order chi connectivity index (χ1) is 9.06. The van der Waals surface area contributed by atoms with E-state index in [0.717, 1.165) is 6.42 Å². The van der Waals surface area contributed by atoms with Crippen LogP contribution in [0.2, 0.25) is 0 Å². The standard InChI is InChI=1S/C14H19NO4/c1-4-10(2)15-13(16)9-19-12-7-5-6-11(8-12)14(17)18-3/h5-8,10H,4,9H2,1-3H3,(H,15,16). The molecule has 1 amide bonds. The van der Waals surface area contributed by atoms with Gasteiger partial charge in [-0.15, -0.1) is 0 Å². The minimum Gasteiger partial charge on any atom is -0.484 e. The molecule has 0 radical (unpaired) electrons. The maximum Gasteiger partial charge on any atom is 0.337 e. The lowest BCUT2D eigenvalue weighted by molar-refractivity contribution is -0.123. The molecule has 0 fully saturated rings. The summed E-state index contributed by atoms with van der Waals surface area (Å²) in [6, 6.07) is 6.65. The molecule has 0 saturated heterocycles. The van der Waals surface area contributed by atoms with E-state index in [1.807, 2.05) is 13.8 Å². The van der Waals surface area contributed by atoms with Crippen LogP contribution in [0.1, 0.15) is 30.6 Å². The average Bonchev–Trinajstić information content (AvgIpc) is 2.44. The van der Waals surface area contributed by atoms with Crippen molar-refractivity contribution in [2.75, 3.05) is 13.7 Å². The summed E-state index contributed by atoms with van der Waals surface area (Å²) in [6.07, 6.45) is 0.865. The van der Waals surface area contributed by atoms with Crippen molar-refractivity contribution < 1.29 is 19.1 Å². The van der Waals surface area contributed by atoms with Gasteiger partial charge < -0.3 is 14.8 Å². The summed E-state index contributed by atoms with van der Waals surface area (Å²) in [5.41, 5.74) is 0.391. The molecule has 0 saturated carbocycles. The molecule has 104 valence electrons. The van der Waals surface area contributed by atoms with Crippen LogP contribution in [0.4, 0.5) is 0 Å². The predicted octanol–water partition coefficient (Wildman–Crippen LogP) is 1.77. The molecule has 5 nitrogen and oxygen atoms in total.